The van der Waals surface area contributed by atoms with Crippen LogP contribution in [-0.4, -0.2) is 29.4 Å². The molecule has 30 heavy (non-hydrogen) atoms. The van der Waals surface area contributed by atoms with Gasteiger partial charge in [0.15, 0.2) is 6.61 Å². The van der Waals surface area contributed by atoms with E-state index in [1.54, 1.807) is 11.3 Å². The molecule has 3 aromatic rings. The highest BCUT2D eigenvalue weighted by molar-refractivity contribution is 7.07. The minimum absolute atomic E-state index is 0.0441. The maximum Gasteiger partial charge on any atom is 0.262 e. The van der Waals surface area contributed by atoms with Crippen molar-refractivity contribution in [2.24, 2.45) is 10.1 Å². The summed E-state index contributed by atoms with van der Waals surface area (Å²) in [6, 6.07) is 12.2. The second-order valence-corrected chi connectivity index (χ2v) is 8.43. The van der Waals surface area contributed by atoms with E-state index in [1.807, 2.05) is 48.3 Å². The summed E-state index contributed by atoms with van der Waals surface area (Å²) >= 11 is 1.54. The quantitative estimate of drug-likeness (QED) is 0.638. The van der Waals surface area contributed by atoms with E-state index in [0.717, 1.165) is 21.6 Å². The molecule has 4 rings (SSSR count). The van der Waals surface area contributed by atoms with Crippen LogP contribution in [0.4, 0.5) is 5.69 Å². The third-order valence-corrected chi connectivity index (χ3v) is 5.53. The molecule has 2 heterocycles. The zero-order chi connectivity index (χ0) is 21.3. The number of hydrogen-bond acceptors (Lipinski definition) is 5. The number of carbonyl (C=O) groups excluding carboxylic acids is 1. The van der Waals surface area contributed by atoms with Gasteiger partial charge in [-0.05, 0) is 57.0 Å². The fourth-order valence-electron chi connectivity index (χ4n) is 3.25. The Kier molecular flexibility index (Phi) is 5.55. The van der Waals surface area contributed by atoms with Gasteiger partial charge >= 0.3 is 0 Å². The zero-order valence-electron chi connectivity index (χ0n) is 17.5. The summed E-state index contributed by atoms with van der Waals surface area (Å²) in [5.74, 6) is 0.521. The first kappa shape index (κ1) is 20.1. The molecular formula is C23H24N4O2S. The van der Waals surface area contributed by atoms with Crippen LogP contribution in [-0.2, 0) is 4.79 Å². The summed E-state index contributed by atoms with van der Waals surface area (Å²) in [6.07, 6.45) is 1.87. The number of aromatic nitrogens is 1. The van der Waals surface area contributed by atoms with Gasteiger partial charge in [-0.25, -0.2) is 4.68 Å². The van der Waals surface area contributed by atoms with Crippen molar-refractivity contribution in [1.82, 2.24) is 4.68 Å². The Morgan fingerprint density at radius 3 is 2.80 bits per heavy atom. The van der Waals surface area contributed by atoms with Crippen molar-refractivity contribution in [1.29, 1.82) is 0 Å². The predicted octanol–water partition coefficient (Wildman–Crippen LogP) is 4.36. The molecule has 1 aromatic heterocycles. The highest BCUT2D eigenvalue weighted by Gasteiger charge is 2.17. The first-order chi connectivity index (χ1) is 14.4. The van der Waals surface area contributed by atoms with Crippen molar-refractivity contribution in [2.45, 2.75) is 33.7 Å². The molecule has 7 heteroatoms. The molecule has 0 aliphatic carbocycles. The molecule has 1 N–H and O–H groups in total. The number of aryl methyl sites for hydroxylation is 2. The van der Waals surface area contributed by atoms with Crippen molar-refractivity contribution < 1.29 is 9.53 Å². The fourth-order valence-corrected chi connectivity index (χ4v) is 4.22. The van der Waals surface area contributed by atoms with Crippen LogP contribution in [0.3, 0.4) is 0 Å². The number of rotatable bonds is 4. The fraction of sp³-hybridized carbons (Fsp3) is 0.261. The highest BCUT2D eigenvalue weighted by Crippen LogP contribution is 2.32. The van der Waals surface area contributed by atoms with E-state index in [4.69, 9.17) is 14.8 Å². The summed E-state index contributed by atoms with van der Waals surface area (Å²) in [5.41, 5.74) is 5.96. The molecule has 0 radical (unpaired) electrons. The number of benzene rings is 2. The summed E-state index contributed by atoms with van der Waals surface area (Å²) in [7, 11) is 0. The third-order valence-electron chi connectivity index (χ3n) is 4.70. The Balaban J connectivity index is 1.80. The molecule has 0 fully saturated rings. The van der Waals surface area contributed by atoms with E-state index in [-0.39, 0.29) is 18.6 Å². The zero-order valence-corrected chi connectivity index (χ0v) is 18.3. The number of thiazole rings is 1. The van der Waals surface area contributed by atoms with Gasteiger partial charge in [-0.3, -0.25) is 9.79 Å². The molecule has 2 aromatic carbocycles. The maximum absolute atomic E-state index is 11.7. The maximum atomic E-state index is 11.7. The topological polar surface area (TPSA) is 68.0 Å². The number of carbonyl (C=O) groups is 1. The van der Waals surface area contributed by atoms with Crippen LogP contribution in [0.1, 0.15) is 30.5 Å². The van der Waals surface area contributed by atoms with Gasteiger partial charge in [0.05, 0.1) is 17.6 Å². The van der Waals surface area contributed by atoms with Crippen LogP contribution in [0.25, 0.3) is 11.3 Å². The predicted molar refractivity (Wildman–Crippen MR) is 121 cm³/mol. The van der Waals surface area contributed by atoms with Crippen molar-refractivity contribution in [3.63, 3.8) is 0 Å². The molecule has 0 saturated heterocycles. The summed E-state index contributed by atoms with van der Waals surface area (Å²) in [5, 5.41) is 9.68. The van der Waals surface area contributed by atoms with E-state index >= 15 is 0 Å². The molecule has 0 bridgehead atoms. The monoisotopic (exact) mass is 420 g/mol. The largest absolute Gasteiger partial charge is 0.482 e. The molecule has 0 saturated carbocycles. The lowest BCUT2D eigenvalue weighted by Crippen LogP contribution is -2.25. The molecule has 154 valence electrons. The van der Waals surface area contributed by atoms with Crippen LogP contribution in [0.5, 0.6) is 5.75 Å². The Hall–Kier alpha value is -3.19. The number of anilines is 1. The third kappa shape index (κ3) is 4.21. The minimum Gasteiger partial charge on any atom is -0.482 e. The number of nitrogens with one attached hydrogen (secondary N) is 1. The summed E-state index contributed by atoms with van der Waals surface area (Å²) < 4.78 is 7.34. The number of nitrogens with zero attached hydrogens (tertiary/aromatic N) is 3. The number of hydrogen-bond donors (Lipinski definition) is 1. The van der Waals surface area contributed by atoms with Crippen molar-refractivity contribution in [3.8, 4) is 17.0 Å². The Bertz CT molecular complexity index is 1200. The minimum atomic E-state index is -0.152. The number of ether oxygens (including phenoxy) is 1. The van der Waals surface area contributed by atoms with Crippen molar-refractivity contribution in [3.05, 3.63) is 63.3 Å². The van der Waals surface area contributed by atoms with Crippen LogP contribution >= 0.6 is 11.3 Å². The summed E-state index contributed by atoms with van der Waals surface area (Å²) in [6.45, 7) is 8.30. The number of amides is 1. The van der Waals surface area contributed by atoms with Crippen LogP contribution < -0.4 is 14.9 Å². The standard InChI is InChI=1S/C23H24N4O2S/c1-14(2)25-23-27(24-11-18-6-5-15(3)9-16(18)4)20(13-30-23)17-7-8-21-19(10-17)26-22(28)12-29-21/h5-11,13-14H,12H2,1-4H3,(H,26,28). The second-order valence-electron chi connectivity index (χ2n) is 7.59. The Morgan fingerprint density at radius 2 is 2.03 bits per heavy atom. The highest BCUT2D eigenvalue weighted by atomic mass is 32.1. The van der Waals surface area contributed by atoms with E-state index in [0.29, 0.717) is 11.4 Å². The smallest absolute Gasteiger partial charge is 0.262 e. The van der Waals surface area contributed by atoms with Gasteiger partial charge in [-0.1, -0.05) is 23.8 Å². The van der Waals surface area contributed by atoms with E-state index < -0.39 is 0 Å². The molecule has 1 amide bonds. The molecule has 1 aliphatic rings. The molecular weight excluding hydrogens is 396 g/mol. The van der Waals surface area contributed by atoms with Gasteiger partial charge in [-0.15, -0.1) is 11.3 Å². The Labute approximate surface area is 179 Å². The van der Waals surface area contributed by atoms with Crippen molar-refractivity contribution in [2.75, 3.05) is 11.9 Å². The average molecular weight is 421 g/mol. The molecule has 0 atom stereocenters. The summed E-state index contributed by atoms with van der Waals surface area (Å²) in [4.78, 5) is 17.2. The Morgan fingerprint density at radius 1 is 1.20 bits per heavy atom. The lowest BCUT2D eigenvalue weighted by atomic mass is 10.1. The van der Waals surface area contributed by atoms with Crippen molar-refractivity contribution >= 4 is 29.1 Å². The van der Waals surface area contributed by atoms with E-state index in [9.17, 15) is 4.79 Å². The van der Waals surface area contributed by atoms with Crippen LogP contribution in [0.2, 0.25) is 0 Å². The lowest BCUT2D eigenvalue weighted by Gasteiger charge is -2.18. The normalized spacial score (nSPS) is 14.2. The average Bonchev–Trinajstić information content (AvgIpc) is 3.08. The van der Waals surface area contributed by atoms with Gasteiger partial charge in [0, 0.05) is 17.0 Å². The molecule has 0 spiro atoms. The van der Waals surface area contributed by atoms with Crippen LogP contribution in [0, 0.1) is 13.8 Å². The molecule has 1 aliphatic heterocycles. The lowest BCUT2D eigenvalue weighted by molar-refractivity contribution is -0.118. The first-order valence-electron chi connectivity index (χ1n) is 9.84. The van der Waals surface area contributed by atoms with Gasteiger partial charge in [0.1, 0.15) is 5.75 Å². The van der Waals surface area contributed by atoms with Gasteiger partial charge < -0.3 is 10.1 Å². The molecule has 6 nitrogen and oxygen atoms in total. The van der Waals surface area contributed by atoms with Gasteiger partial charge in [0.2, 0.25) is 4.80 Å². The SMILES string of the molecule is Cc1ccc(C=Nn2c(-c3ccc4c(c3)NC(=O)CO4)csc2=NC(C)C)c(C)c1. The van der Waals surface area contributed by atoms with E-state index in [1.165, 1.54) is 11.1 Å². The van der Waals surface area contributed by atoms with Gasteiger partial charge in [0.25, 0.3) is 5.91 Å². The first-order valence-corrected chi connectivity index (χ1v) is 10.7. The van der Waals surface area contributed by atoms with Crippen LogP contribution in [0.15, 0.2) is 51.9 Å². The van der Waals surface area contributed by atoms with Gasteiger partial charge in [-0.2, -0.15) is 5.10 Å². The second kappa shape index (κ2) is 8.28. The number of fused-ring (bicyclic) bond motifs is 1. The molecule has 0 unspecified atom stereocenters. The van der Waals surface area contributed by atoms with E-state index in [2.05, 4.69) is 37.4 Å².